The van der Waals surface area contributed by atoms with E-state index in [1.54, 1.807) is 24.3 Å². The number of ether oxygens (including phenoxy) is 2. The van der Waals surface area contributed by atoms with E-state index in [9.17, 15) is 15.0 Å². The van der Waals surface area contributed by atoms with E-state index < -0.39 is 36.8 Å². The van der Waals surface area contributed by atoms with Crippen molar-refractivity contribution in [3.63, 3.8) is 0 Å². The van der Waals surface area contributed by atoms with Gasteiger partial charge in [0.2, 0.25) is 5.90 Å². The summed E-state index contributed by atoms with van der Waals surface area (Å²) in [7, 11) is 0. The number of aliphatic hydroxyl groups is 3. The van der Waals surface area contributed by atoms with Crippen LogP contribution >= 0.6 is 0 Å². The van der Waals surface area contributed by atoms with E-state index in [2.05, 4.69) is 15.3 Å². The maximum Gasteiger partial charge on any atom is 0.253 e. The molecule has 0 bridgehead atoms. The molecule has 3 aromatic carbocycles. The van der Waals surface area contributed by atoms with Crippen molar-refractivity contribution in [1.82, 2.24) is 5.32 Å². The average Bonchev–Trinajstić information content (AvgIpc) is 3.40. The molecule has 1 amide bonds. The summed E-state index contributed by atoms with van der Waals surface area (Å²) in [5.74, 6) is 0.329. The van der Waals surface area contributed by atoms with Gasteiger partial charge in [-0.25, -0.2) is 4.99 Å². The molecule has 0 aromatic heterocycles. The molecule has 0 unspecified atom stereocenters. The first-order valence-corrected chi connectivity index (χ1v) is 13.3. The maximum absolute atomic E-state index is 14.1. The lowest BCUT2D eigenvalue weighted by Crippen LogP contribution is -2.54. The number of azide groups is 1. The third kappa shape index (κ3) is 7.03. The predicted octanol–water partition coefficient (Wildman–Crippen LogP) is 3.23. The number of benzene rings is 3. The number of hydrogen-bond acceptors (Lipinski definition) is 8. The van der Waals surface area contributed by atoms with Gasteiger partial charge < -0.3 is 30.1 Å². The first kappa shape index (κ1) is 29.6. The van der Waals surface area contributed by atoms with Gasteiger partial charge >= 0.3 is 0 Å². The van der Waals surface area contributed by atoms with Gasteiger partial charge in [0.15, 0.2) is 11.6 Å². The van der Waals surface area contributed by atoms with Crippen molar-refractivity contribution in [1.29, 1.82) is 0 Å². The lowest BCUT2D eigenvalue weighted by atomic mass is 9.80. The predicted molar refractivity (Wildman–Crippen MR) is 152 cm³/mol. The minimum Gasteiger partial charge on any atom is -0.494 e. The zero-order chi connectivity index (χ0) is 29.1. The Morgan fingerprint density at radius 2 is 1.71 bits per heavy atom. The van der Waals surface area contributed by atoms with Crippen LogP contribution in [-0.2, 0) is 22.5 Å². The van der Waals surface area contributed by atoms with E-state index in [4.69, 9.17) is 25.1 Å². The fourth-order valence-corrected chi connectivity index (χ4v) is 4.65. The van der Waals surface area contributed by atoms with Gasteiger partial charge in [0.05, 0.1) is 32.4 Å². The summed E-state index contributed by atoms with van der Waals surface area (Å²) >= 11 is 0. The van der Waals surface area contributed by atoms with E-state index in [0.717, 1.165) is 11.1 Å². The van der Waals surface area contributed by atoms with Gasteiger partial charge in [-0.3, -0.25) is 4.79 Å². The molecular weight excluding hydrogens is 526 g/mol. The minimum atomic E-state index is -1.54. The molecule has 0 aliphatic carbocycles. The van der Waals surface area contributed by atoms with Gasteiger partial charge in [0, 0.05) is 29.9 Å². The maximum atomic E-state index is 14.1. The van der Waals surface area contributed by atoms with Crippen molar-refractivity contribution in [2.75, 3.05) is 26.4 Å². The topological polar surface area (TPSA) is 169 Å². The highest BCUT2D eigenvalue weighted by atomic mass is 16.5. The zero-order valence-electron chi connectivity index (χ0n) is 22.5. The van der Waals surface area contributed by atoms with Crippen LogP contribution < -0.4 is 10.1 Å². The lowest BCUT2D eigenvalue weighted by Gasteiger charge is -2.32. The third-order valence-corrected chi connectivity index (χ3v) is 6.79. The van der Waals surface area contributed by atoms with E-state index in [1.807, 2.05) is 54.6 Å². The molecule has 4 N–H and O–H groups in total. The molecule has 1 aliphatic rings. The summed E-state index contributed by atoms with van der Waals surface area (Å²) in [6, 6.07) is 22.8. The number of nitrogens with zero attached hydrogens (tertiary/aromatic N) is 4. The number of carbonyl (C=O) groups is 1. The Morgan fingerprint density at radius 1 is 1.02 bits per heavy atom. The molecule has 41 heavy (non-hydrogen) atoms. The van der Waals surface area contributed by atoms with Crippen molar-refractivity contribution in [2.24, 2.45) is 10.1 Å². The Labute approximate surface area is 237 Å². The highest BCUT2D eigenvalue weighted by Crippen LogP contribution is 2.43. The Balaban J connectivity index is 1.82. The monoisotopic (exact) mass is 559 g/mol. The molecule has 11 nitrogen and oxygen atoms in total. The molecule has 3 aromatic rings. The number of amides is 1. The molecule has 1 heterocycles. The van der Waals surface area contributed by atoms with Crippen molar-refractivity contribution in [2.45, 2.75) is 37.1 Å². The molecule has 214 valence electrons. The lowest BCUT2D eigenvalue weighted by molar-refractivity contribution is -0.130. The second-order valence-electron chi connectivity index (χ2n) is 9.57. The van der Waals surface area contributed by atoms with Gasteiger partial charge in [-0.05, 0) is 46.5 Å². The van der Waals surface area contributed by atoms with Crippen LogP contribution in [0.5, 0.6) is 5.75 Å². The average molecular weight is 560 g/mol. The number of nitrogens with one attached hydrogen (secondary N) is 1. The minimum absolute atomic E-state index is 0.0349. The zero-order valence-corrected chi connectivity index (χ0v) is 22.5. The quantitative estimate of drug-likeness (QED) is 0.102. The first-order chi connectivity index (χ1) is 20.0. The van der Waals surface area contributed by atoms with Crippen molar-refractivity contribution >= 4 is 11.8 Å². The Hall–Kier alpha value is -4.41. The number of aliphatic hydroxyl groups excluding tert-OH is 3. The second-order valence-corrected chi connectivity index (χ2v) is 9.57. The number of aliphatic imine (C=N–C) groups is 1. The smallest absolute Gasteiger partial charge is 0.253 e. The largest absolute Gasteiger partial charge is 0.494 e. The van der Waals surface area contributed by atoms with Crippen molar-refractivity contribution in [3.05, 3.63) is 112 Å². The van der Waals surface area contributed by atoms with Crippen molar-refractivity contribution in [3.8, 4) is 5.75 Å². The standard InChI is InChI=1S/C30H33N5O6/c31-35-32-18-24-10-5-4-9-23(24)17-30(29(39)33-25(19-37)20-38)27(21-7-2-1-3-8-21)41-28(34-30)22-11-13-26(14-12-22)40-16-6-15-36/h1-5,7-14,25,27,36-38H,6,15-20H2,(H,33,39)/t27-,30-/m1/s1. The Morgan fingerprint density at radius 3 is 2.37 bits per heavy atom. The molecule has 0 saturated heterocycles. The van der Waals surface area contributed by atoms with E-state index in [1.165, 1.54) is 0 Å². The molecule has 0 saturated carbocycles. The fourth-order valence-electron chi connectivity index (χ4n) is 4.65. The molecule has 4 rings (SSSR count). The highest BCUT2D eigenvalue weighted by molar-refractivity contribution is 6.01. The van der Waals surface area contributed by atoms with Gasteiger partial charge in [-0.15, -0.1) is 0 Å². The SMILES string of the molecule is [N-]=[N+]=NCc1ccccc1C[C@@]1(C(=O)NC(CO)CO)N=C(c2ccc(OCCCO)cc2)O[C@@H]1c1ccccc1. The summed E-state index contributed by atoms with van der Waals surface area (Å²) in [5, 5.41) is 34.9. The molecule has 1 aliphatic heterocycles. The van der Waals surface area contributed by atoms with Gasteiger partial charge in [0.25, 0.3) is 5.91 Å². The Kier molecular flexibility index (Phi) is 10.3. The van der Waals surface area contributed by atoms with Crippen molar-refractivity contribution < 1.29 is 29.6 Å². The number of rotatable bonds is 14. The van der Waals surface area contributed by atoms with Crippen LogP contribution in [0.2, 0.25) is 0 Å². The molecule has 0 radical (unpaired) electrons. The summed E-state index contributed by atoms with van der Waals surface area (Å²) in [4.78, 5) is 22.0. The van der Waals surface area contributed by atoms with Gasteiger partial charge in [-0.2, -0.15) is 0 Å². The number of hydrogen-bond donors (Lipinski definition) is 4. The second kappa shape index (κ2) is 14.3. The van der Waals surface area contributed by atoms with Crippen LogP contribution in [0.1, 0.15) is 34.8 Å². The molecule has 2 atom stereocenters. The van der Waals surface area contributed by atoms with Crippen LogP contribution in [0, 0.1) is 0 Å². The highest BCUT2D eigenvalue weighted by Gasteiger charge is 2.53. The van der Waals surface area contributed by atoms with Crippen LogP contribution in [-0.4, -0.2) is 65.1 Å². The summed E-state index contributed by atoms with van der Waals surface area (Å²) in [6.45, 7) is -0.425. The molecule has 11 heteroatoms. The molecule has 0 spiro atoms. The summed E-state index contributed by atoms with van der Waals surface area (Å²) in [6.07, 6.45) is -0.257. The van der Waals surface area contributed by atoms with Crippen LogP contribution in [0.25, 0.3) is 10.4 Å². The van der Waals surface area contributed by atoms with Crippen LogP contribution in [0.3, 0.4) is 0 Å². The number of carbonyl (C=O) groups excluding carboxylic acids is 1. The normalized spacial score (nSPS) is 17.9. The Bertz CT molecular complexity index is 1370. The fraction of sp³-hybridized carbons (Fsp3) is 0.333. The molecule has 0 fully saturated rings. The van der Waals surface area contributed by atoms with E-state index >= 15 is 0 Å². The van der Waals surface area contributed by atoms with E-state index in [-0.39, 0.29) is 25.5 Å². The van der Waals surface area contributed by atoms with Gasteiger partial charge in [0.1, 0.15) is 5.75 Å². The van der Waals surface area contributed by atoms with Gasteiger partial charge in [-0.1, -0.05) is 59.7 Å². The summed E-state index contributed by atoms with van der Waals surface area (Å²) in [5.41, 5.74) is 10.2. The van der Waals surface area contributed by atoms with Crippen LogP contribution in [0.15, 0.2) is 89.0 Å². The van der Waals surface area contributed by atoms with Crippen LogP contribution in [0.4, 0.5) is 0 Å². The first-order valence-electron chi connectivity index (χ1n) is 13.3. The summed E-state index contributed by atoms with van der Waals surface area (Å²) < 4.78 is 12.1. The third-order valence-electron chi connectivity index (χ3n) is 6.79. The van der Waals surface area contributed by atoms with E-state index in [0.29, 0.717) is 29.9 Å². The molecular formula is C30H33N5O6.